The predicted octanol–water partition coefficient (Wildman–Crippen LogP) is 9.72. The van der Waals surface area contributed by atoms with E-state index in [4.69, 9.17) is 0 Å². The summed E-state index contributed by atoms with van der Waals surface area (Å²) in [6, 6.07) is 0. The maximum atomic E-state index is 3.57. The van der Waals surface area contributed by atoms with Crippen molar-refractivity contribution in [3.63, 3.8) is 0 Å². The zero-order valence-corrected chi connectivity index (χ0v) is 23.6. The molecule has 0 aliphatic heterocycles. The standard InChI is InChI=1S/C16H35N.2C6H13.Al.H/c1-3-5-7-9-11-13-15-17-16-14-12-10-8-6-4-2;2*1-3-5-6-4-2;;/h17H,3-16H2,1-2H3;2*1,3-6H2,2H3;;. The molecule has 0 aromatic heterocycles. The van der Waals surface area contributed by atoms with E-state index < -0.39 is 0 Å². The first-order chi connectivity index (χ1) is 14.8. The van der Waals surface area contributed by atoms with Crippen LogP contribution in [0.15, 0.2) is 0 Å². The molecule has 0 spiro atoms. The summed E-state index contributed by atoms with van der Waals surface area (Å²) in [6.45, 7) is 11.6. The first kappa shape index (κ1) is 32.7. The van der Waals surface area contributed by atoms with Crippen molar-refractivity contribution in [1.29, 1.82) is 0 Å². The average Bonchev–Trinajstić information content (AvgIpc) is 2.76. The number of unbranched alkanes of at least 4 members (excludes halogenated alkanes) is 16. The smallest absolute Gasteiger partial charge is 0.236 e. The van der Waals surface area contributed by atoms with Crippen LogP contribution in [0.2, 0.25) is 10.6 Å². The van der Waals surface area contributed by atoms with Gasteiger partial charge in [-0.2, -0.15) is 0 Å². The molecule has 2 heteroatoms. The van der Waals surface area contributed by atoms with Gasteiger partial charge in [-0.25, -0.2) is 0 Å². The van der Waals surface area contributed by atoms with Gasteiger partial charge in [0.25, 0.3) is 0 Å². The van der Waals surface area contributed by atoms with E-state index >= 15 is 0 Å². The number of hydrogen-bond donors (Lipinski definition) is 1. The molecule has 1 N–H and O–H groups in total. The molecule has 1 nitrogen and oxygen atoms in total. The Labute approximate surface area is 200 Å². The van der Waals surface area contributed by atoms with Crippen molar-refractivity contribution in [1.82, 2.24) is 5.32 Å². The molecule has 0 unspecified atom stereocenters. The molecule has 0 saturated carbocycles. The molecule has 0 rings (SSSR count). The summed E-state index contributed by atoms with van der Waals surface area (Å²) >= 11 is 0.355. The summed E-state index contributed by atoms with van der Waals surface area (Å²) in [6.07, 6.45) is 28.7. The van der Waals surface area contributed by atoms with Gasteiger partial charge in [0.15, 0.2) is 0 Å². The second-order valence-electron chi connectivity index (χ2n) is 9.47. The van der Waals surface area contributed by atoms with Gasteiger partial charge in [-0.1, -0.05) is 154 Å². The van der Waals surface area contributed by atoms with E-state index in [0.29, 0.717) is 15.2 Å². The van der Waals surface area contributed by atoms with Crippen LogP contribution in [0.1, 0.15) is 156 Å². The van der Waals surface area contributed by atoms with Crippen LogP contribution >= 0.6 is 0 Å². The van der Waals surface area contributed by atoms with Gasteiger partial charge in [-0.3, -0.25) is 0 Å². The number of rotatable bonds is 24. The molecule has 30 heavy (non-hydrogen) atoms. The third-order valence-electron chi connectivity index (χ3n) is 6.12. The first-order valence-electron chi connectivity index (χ1n) is 14.5. The maximum Gasteiger partial charge on any atom is 0.236 e. The summed E-state index contributed by atoms with van der Waals surface area (Å²) in [5.41, 5.74) is 0. The fourth-order valence-corrected chi connectivity index (χ4v) is 5.69. The molecule has 0 bridgehead atoms. The second-order valence-corrected chi connectivity index (χ2v) is 11.6. The van der Waals surface area contributed by atoms with Crippen molar-refractivity contribution in [2.75, 3.05) is 13.1 Å². The molecule has 0 radical (unpaired) electrons. The van der Waals surface area contributed by atoms with E-state index in [2.05, 4.69) is 33.0 Å². The van der Waals surface area contributed by atoms with Crippen molar-refractivity contribution in [3.8, 4) is 0 Å². The van der Waals surface area contributed by atoms with Crippen molar-refractivity contribution in [2.45, 2.75) is 167 Å². The van der Waals surface area contributed by atoms with Crippen LogP contribution in [0.3, 0.4) is 0 Å². The van der Waals surface area contributed by atoms with E-state index in [1.54, 1.807) is 10.6 Å². The molecular weight excluding hydrogens is 377 g/mol. The highest BCUT2D eigenvalue weighted by atomic mass is 27.1. The molecule has 182 valence electrons. The van der Waals surface area contributed by atoms with E-state index in [9.17, 15) is 0 Å². The Morgan fingerprint density at radius 3 is 1.03 bits per heavy atom. The SMILES string of the molecule is CCCCCCCCNCCCCCCCC.CCCCC[CH2][AlH][CH2]CCCCC. The fraction of sp³-hybridized carbons (Fsp3) is 1.00. The van der Waals surface area contributed by atoms with E-state index in [0.717, 1.165) is 0 Å². The van der Waals surface area contributed by atoms with Gasteiger partial charge in [0.05, 0.1) is 0 Å². The van der Waals surface area contributed by atoms with Gasteiger partial charge in [0.2, 0.25) is 15.2 Å². The van der Waals surface area contributed by atoms with E-state index in [-0.39, 0.29) is 0 Å². The summed E-state index contributed by atoms with van der Waals surface area (Å²) in [5.74, 6) is 0. The molecule has 0 aromatic carbocycles. The van der Waals surface area contributed by atoms with Gasteiger partial charge in [0.1, 0.15) is 0 Å². The van der Waals surface area contributed by atoms with Gasteiger partial charge >= 0.3 is 0 Å². The topological polar surface area (TPSA) is 12.0 Å². The normalized spacial score (nSPS) is 10.7. The molecule has 0 fully saturated rings. The van der Waals surface area contributed by atoms with Gasteiger partial charge < -0.3 is 5.32 Å². The van der Waals surface area contributed by atoms with Gasteiger partial charge in [-0.15, -0.1) is 0 Å². The Hall–Kier alpha value is 0.492. The van der Waals surface area contributed by atoms with Gasteiger partial charge in [0, 0.05) is 0 Å². The van der Waals surface area contributed by atoms with Crippen molar-refractivity contribution >= 4 is 15.2 Å². The summed E-state index contributed by atoms with van der Waals surface area (Å²) in [4.78, 5) is 0. The van der Waals surface area contributed by atoms with Crippen molar-refractivity contribution in [2.24, 2.45) is 0 Å². The van der Waals surface area contributed by atoms with E-state index in [1.807, 2.05) is 0 Å². The Balaban J connectivity index is 0. The van der Waals surface area contributed by atoms with Crippen LogP contribution in [0, 0.1) is 0 Å². The summed E-state index contributed by atoms with van der Waals surface area (Å²) in [5, 5.41) is 6.80. The lowest BCUT2D eigenvalue weighted by Crippen LogP contribution is -2.16. The lowest BCUT2D eigenvalue weighted by Gasteiger charge is -2.04. The molecule has 0 amide bonds. The Morgan fingerprint density at radius 2 is 0.667 bits per heavy atom. The zero-order valence-electron chi connectivity index (χ0n) is 22.2. The first-order valence-corrected chi connectivity index (χ1v) is 16.5. The largest absolute Gasteiger partial charge is 0.317 e. The average molecular weight is 440 g/mol. The predicted molar refractivity (Wildman–Crippen MR) is 145 cm³/mol. The van der Waals surface area contributed by atoms with Crippen LogP contribution in [-0.2, 0) is 0 Å². The summed E-state index contributed by atoms with van der Waals surface area (Å²) < 4.78 is 0. The fourth-order valence-electron chi connectivity index (χ4n) is 3.92. The van der Waals surface area contributed by atoms with Crippen LogP contribution in [0.25, 0.3) is 0 Å². The van der Waals surface area contributed by atoms with Crippen LogP contribution < -0.4 is 5.32 Å². The summed E-state index contributed by atoms with van der Waals surface area (Å²) in [7, 11) is 0. The van der Waals surface area contributed by atoms with Crippen molar-refractivity contribution in [3.05, 3.63) is 0 Å². The van der Waals surface area contributed by atoms with Crippen LogP contribution in [0.5, 0.6) is 0 Å². The monoisotopic (exact) mass is 439 g/mol. The lowest BCUT2D eigenvalue weighted by molar-refractivity contribution is 0.543. The molecule has 0 aromatic rings. The third kappa shape index (κ3) is 35.9. The minimum Gasteiger partial charge on any atom is -0.317 e. The molecule has 0 aliphatic rings. The molecule has 0 saturated heterocycles. The highest BCUT2D eigenvalue weighted by Crippen LogP contribution is 2.07. The highest BCUT2D eigenvalue weighted by molar-refractivity contribution is 6.35. The van der Waals surface area contributed by atoms with Crippen LogP contribution in [0.4, 0.5) is 0 Å². The minimum atomic E-state index is 0.355. The Kier molecular flexibility index (Phi) is 37.2. The minimum absolute atomic E-state index is 0.355. The van der Waals surface area contributed by atoms with E-state index in [1.165, 1.54) is 142 Å². The quantitative estimate of drug-likeness (QED) is 0.116. The highest BCUT2D eigenvalue weighted by Gasteiger charge is 1.94. The molecule has 0 aliphatic carbocycles. The maximum absolute atomic E-state index is 3.57. The number of nitrogens with one attached hydrogen (secondary N) is 1. The Morgan fingerprint density at radius 1 is 0.367 bits per heavy atom. The molecule has 0 atom stereocenters. The number of hydrogen-bond acceptors (Lipinski definition) is 1. The Bertz CT molecular complexity index is 233. The van der Waals surface area contributed by atoms with Crippen LogP contribution in [-0.4, -0.2) is 28.3 Å². The lowest BCUT2D eigenvalue weighted by atomic mass is 10.1. The van der Waals surface area contributed by atoms with Gasteiger partial charge in [-0.05, 0) is 25.9 Å². The zero-order chi connectivity index (χ0) is 22.4. The van der Waals surface area contributed by atoms with Crippen molar-refractivity contribution < 1.29 is 0 Å². The molecular formula is C28H62AlN. The molecule has 0 heterocycles. The third-order valence-corrected chi connectivity index (χ3v) is 8.12. The second kappa shape index (κ2) is 34.1.